The van der Waals surface area contributed by atoms with Crippen molar-refractivity contribution in [3.8, 4) is 0 Å². The fraction of sp³-hybridized carbons (Fsp3) is 1.00. The summed E-state index contributed by atoms with van der Waals surface area (Å²) in [6, 6.07) is 0.668. The Kier molecular flexibility index (Phi) is 9.85. The molecule has 1 unspecified atom stereocenters. The van der Waals surface area contributed by atoms with E-state index < -0.39 is 0 Å². The average Bonchev–Trinajstić information content (AvgIpc) is 2.31. The SMILES string of the molecule is CC.CC(C)CCOC1CCCN(C(C)C)C1. The van der Waals surface area contributed by atoms with Crippen LogP contribution in [0.3, 0.4) is 0 Å². The van der Waals surface area contributed by atoms with Gasteiger partial charge >= 0.3 is 0 Å². The molecule has 0 bridgehead atoms. The molecule has 0 aromatic heterocycles. The number of rotatable bonds is 5. The number of hydrogen-bond donors (Lipinski definition) is 0. The molecule has 1 rings (SSSR count). The minimum absolute atomic E-state index is 0.486. The molecule has 0 aromatic carbocycles. The third kappa shape index (κ3) is 7.77. The first-order chi connectivity index (χ1) is 8.09. The predicted octanol–water partition coefficient (Wildman–Crippen LogP) is 3.95. The van der Waals surface area contributed by atoms with Crippen molar-refractivity contribution in [1.82, 2.24) is 4.90 Å². The Labute approximate surface area is 109 Å². The fourth-order valence-corrected chi connectivity index (χ4v) is 2.04. The van der Waals surface area contributed by atoms with Gasteiger partial charge in [-0.3, -0.25) is 4.90 Å². The highest BCUT2D eigenvalue weighted by Crippen LogP contribution is 2.16. The van der Waals surface area contributed by atoms with Crippen molar-refractivity contribution in [2.24, 2.45) is 5.92 Å². The first-order valence-corrected chi connectivity index (χ1v) is 7.45. The second kappa shape index (κ2) is 9.90. The highest BCUT2D eigenvalue weighted by atomic mass is 16.5. The zero-order valence-electron chi connectivity index (χ0n) is 12.8. The van der Waals surface area contributed by atoms with E-state index in [1.54, 1.807) is 0 Å². The zero-order chi connectivity index (χ0) is 13.3. The molecule has 0 aliphatic carbocycles. The Morgan fingerprint density at radius 2 is 1.82 bits per heavy atom. The van der Waals surface area contributed by atoms with Gasteiger partial charge in [0.1, 0.15) is 0 Å². The molecule has 0 spiro atoms. The molecule has 1 heterocycles. The van der Waals surface area contributed by atoms with E-state index in [9.17, 15) is 0 Å². The molecule has 0 aromatic rings. The molecule has 1 atom stereocenters. The van der Waals surface area contributed by atoms with Crippen molar-refractivity contribution < 1.29 is 4.74 Å². The molecule has 104 valence electrons. The molecule has 0 saturated carbocycles. The normalized spacial score (nSPS) is 21.5. The quantitative estimate of drug-likeness (QED) is 0.725. The lowest BCUT2D eigenvalue weighted by Gasteiger charge is -2.35. The Morgan fingerprint density at radius 1 is 1.18 bits per heavy atom. The standard InChI is InChI=1S/C13H27NO.C2H6/c1-11(2)7-9-15-13-6-5-8-14(10-13)12(3)4;1-2/h11-13H,5-10H2,1-4H3;1-2H3. The van der Waals surface area contributed by atoms with Crippen molar-refractivity contribution in [1.29, 1.82) is 0 Å². The molecule has 17 heavy (non-hydrogen) atoms. The third-order valence-electron chi connectivity index (χ3n) is 3.19. The Bertz CT molecular complexity index is 168. The predicted molar refractivity (Wildman–Crippen MR) is 76.5 cm³/mol. The van der Waals surface area contributed by atoms with Crippen LogP contribution in [0.4, 0.5) is 0 Å². The molecule has 1 fully saturated rings. The number of nitrogens with zero attached hydrogens (tertiary/aromatic N) is 1. The molecule has 1 aliphatic heterocycles. The van der Waals surface area contributed by atoms with E-state index in [1.165, 1.54) is 25.8 Å². The average molecular weight is 243 g/mol. The van der Waals surface area contributed by atoms with Crippen molar-refractivity contribution in [2.75, 3.05) is 19.7 Å². The highest BCUT2D eigenvalue weighted by molar-refractivity contribution is 4.75. The van der Waals surface area contributed by atoms with Gasteiger partial charge in [0.2, 0.25) is 0 Å². The van der Waals surface area contributed by atoms with E-state index in [4.69, 9.17) is 4.74 Å². The van der Waals surface area contributed by atoms with Gasteiger partial charge in [-0.1, -0.05) is 27.7 Å². The van der Waals surface area contributed by atoms with Crippen molar-refractivity contribution in [2.45, 2.75) is 73.0 Å². The fourth-order valence-electron chi connectivity index (χ4n) is 2.04. The van der Waals surface area contributed by atoms with Gasteiger partial charge in [0.15, 0.2) is 0 Å². The number of piperidine rings is 1. The number of hydrogen-bond acceptors (Lipinski definition) is 2. The largest absolute Gasteiger partial charge is 0.377 e. The minimum Gasteiger partial charge on any atom is -0.377 e. The van der Waals surface area contributed by atoms with Crippen LogP contribution in [0, 0.1) is 5.92 Å². The molecule has 1 aliphatic rings. The maximum Gasteiger partial charge on any atom is 0.0702 e. The van der Waals surface area contributed by atoms with Crippen LogP contribution >= 0.6 is 0 Å². The maximum absolute atomic E-state index is 5.93. The zero-order valence-corrected chi connectivity index (χ0v) is 12.8. The maximum atomic E-state index is 5.93. The van der Waals surface area contributed by atoms with Crippen molar-refractivity contribution >= 4 is 0 Å². The van der Waals surface area contributed by atoms with Crippen LogP contribution in [-0.4, -0.2) is 36.7 Å². The van der Waals surface area contributed by atoms with Crippen LogP contribution < -0.4 is 0 Å². The molecular weight excluding hydrogens is 210 g/mol. The van der Waals surface area contributed by atoms with Gasteiger partial charge in [0.25, 0.3) is 0 Å². The molecule has 2 nitrogen and oxygen atoms in total. The second-order valence-electron chi connectivity index (χ2n) is 5.41. The smallest absolute Gasteiger partial charge is 0.0702 e. The molecule has 2 heteroatoms. The summed E-state index contributed by atoms with van der Waals surface area (Å²) in [6.07, 6.45) is 4.23. The molecule has 0 N–H and O–H groups in total. The van der Waals surface area contributed by atoms with Crippen molar-refractivity contribution in [3.63, 3.8) is 0 Å². The minimum atomic E-state index is 0.486. The van der Waals surface area contributed by atoms with E-state index in [0.29, 0.717) is 12.1 Å². The van der Waals surface area contributed by atoms with Crippen molar-refractivity contribution in [3.05, 3.63) is 0 Å². The molecule has 1 saturated heterocycles. The number of ether oxygens (including phenoxy) is 1. The lowest BCUT2D eigenvalue weighted by Crippen LogP contribution is -2.43. The van der Waals surface area contributed by atoms with Gasteiger partial charge in [-0.15, -0.1) is 0 Å². The number of likely N-dealkylation sites (tertiary alicyclic amines) is 1. The van der Waals surface area contributed by atoms with Gasteiger partial charge < -0.3 is 4.74 Å². The first-order valence-electron chi connectivity index (χ1n) is 7.45. The van der Waals surface area contributed by atoms with E-state index >= 15 is 0 Å². The van der Waals surface area contributed by atoms with E-state index in [0.717, 1.165) is 19.1 Å². The van der Waals surface area contributed by atoms with Gasteiger partial charge in [0.05, 0.1) is 6.10 Å². The summed E-state index contributed by atoms with van der Waals surface area (Å²) in [4.78, 5) is 2.53. The lowest BCUT2D eigenvalue weighted by molar-refractivity contribution is -0.0122. The van der Waals surface area contributed by atoms with E-state index in [2.05, 4.69) is 32.6 Å². The van der Waals surface area contributed by atoms with Crippen LogP contribution in [0.5, 0.6) is 0 Å². The van der Waals surface area contributed by atoms with Crippen LogP contribution in [-0.2, 0) is 4.74 Å². The molecule has 0 radical (unpaired) electrons. The summed E-state index contributed by atoms with van der Waals surface area (Å²) in [5.41, 5.74) is 0. The Balaban J connectivity index is 0.00000121. The summed E-state index contributed by atoms with van der Waals surface area (Å²) in [6.45, 7) is 16.4. The topological polar surface area (TPSA) is 12.5 Å². The van der Waals surface area contributed by atoms with Gasteiger partial charge in [-0.05, 0) is 45.6 Å². The summed E-state index contributed by atoms with van der Waals surface area (Å²) in [5.74, 6) is 0.759. The van der Waals surface area contributed by atoms with E-state index in [1.807, 2.05) is 13.8 Å². The third-order valence-corrected chi connectivity index (χ3v) is 3.19. The van der Waals surface area contributed by atoms with Gasteiger partial charge in [-0.25, -0.2) is 0 Å². The summed E-state index contributed by atoms with van der Waals surface area (Å²) >= 11 is 0. The van der Waals surface area contributed by atoms with Crippen LogP contribution in [0.15, 0.2) is 0 Å². The summed E-state index contributed by atoms with van der Waals surface area (Å²) in [5, 5.41) is 0. The van der Waals surface area contributed by atoms with Crippen LogP contribution in [0.2, 0.25) is 0 Å². The summed E-state index contributed by atoms with van der Waals surface area (Å²) < 4.78 is 5.93. The lowest BCUT2D eigenvalue weighted by atomic mass is 10.1. The summed E-state index contributed by atoms with van der Waals surface area (Å²) in [7, 11) is 0. The monoisotopic (exact) mass is 243 g/mol. The first kappa shape index (κ1) is 16.9. The Hall–Kier alpha value is -0.0800. The van der Waals surface area contributed by atoms with Gasteiger partial charge in [-0.2, -0.15) is 0 Å². The second-order valence-corrected chi connectivity index (χ2v) is 5.41. The molecular formula is C15H33NO. The highest BCUT2D eigenvalue weighted by Gasteiger charge is 2.21. The van der Waals surface area contributed by atoms with Gasteiger partial charge in [0, 0.05) is 19.2 Å². The van der Waals surface area contributed by atoms with Crippen LogP contribution in [0.25, 0.3) is 0 Å². The van der Waals surface area contributed by atoms with E-state index in [-0.39, 0.29) is 0 Å². The Morgan fingerprint density at radius 3 is 2.35 bits per heavy atom. The molecule has 0 amide bonds. The van der Waals surface area contributed by atoms with Crippen LogP contribution in [0.1, 0.15) is 60.8 Å².